The van der Waals surface area contributed by atoms with E-state index in [4.69, 9.17) is 32.7 Å². The number of H-pyrrole nitrogens is 1. The van der Waals surface area contributed by atoms with Gasteiger partial charge < -0.3 is 40.8 Å². The molecule has 0 saturated carbocycles. The van der Waals surface area contributed by atoms with Crippen LogP contribution in [0.2, 0.25) is 10.0 Å². The zero-order valence-corrected chi connectivity index (χ0v) is 32.5. The van der Waals surface area contributed by atoms with Gasteiger partial charge in [-0.2, -0.15) is 0 Å². The number of amides is 4. The van der Waals surface area contributed by atoms with Gasteiger partial charge in [-0.1, -0.05) is 94.1 Å². The van der Waals surface area contributed by atoms with E-state index >= 15 is 0 Å². The molecule has 14 heteroatoms. The van der Waals surface area contributed by atoms with Crippen molar-refractivity contribution < 1.29 is 33.8 Å². The number of phenolic OH excluding ortho intramolecular Hbond substituents is 1. The molecule has 1 aromatic heterocycles. The molecule has 2 unspecified atom stereocenters. The number of benzene rings is 3. The van der Waals surface area contributed by atoms with Crippen LogP contribution in [0.15, 0.2) is 60.7 Å². The molecule has 0 spiro atoms. The predicted octanol–water partition coefficient (Wildman–Crippen LogP) is 7.04. The van der Waals surface area contributed by atoms with Crippen LogP contribution in [0.3, 0.4) is 0 Å². The number of carbonyl (C=O) groups excluding carboxylic acids is 4. The lowest BCUT2D eigenvalue weighted by atomic mass is 9.78. The van der Waals surface area contributed by atoms with Gasteiger partial charge in [-0.05, 0) is 60.1 Å². The molecule has 4 aromatic rings. The molecular formula is C40H47Cl2N5O7. The Hall–Kier alpha value is -4.94. The smallest absolute Gasteiger partial charge is 0.408 e. The number of fused-ring (bicyclic) bond motifs is 3. The maximum absolute atomic E-state index is 14.8. The number of aryl methyl sites for hydroxylation is 1. The molecule has 54 heavy (non-hydrogen) atoms. The van der Waals surface area contributed by atoms with Crippen molar-refractivity contribution in [2.45, 2.75) is 84.0 Å². The van der Waals surface area contributed by atoms with E-state index in [9.17, 15) is 24.3 Å². The van der Waals surface area contributed by atoms with Gasteiger partial charge in [0.05, 0.1) is 17.6 Å². The third-order valence-corrected chi connectivity index (χ3v) is 10.8. The number of halogens is 2. The van der Waals surface area contributed by atoms with Crippen LogP contribution in [0.5, 0.6) is 11.5 Å². The number of ether oxygens (including phenoxy) is 2. The van der Waals surface area contributed by atoms with Gasteiger partial charge in [0, 0.05) is 34.3 Å². The number of carbonyl (C=O) groups is 4. The van der Waals surface area contributed by atoms with Gasteiger partial charge >= 0.3 is 6.09 Å². The lowest BCUT2D eigenvalue weighted by Crippen LogP contribution is -2.67. The van der Waals surface area contributed by atoms with E-state index in [1.807, 2.05) is 58.0 Å². The molecule has 6 N–H and O–H groups in total. The third kappa shape index (κ3) is 9.05. The second kappa shape index (κ2) is 17.5. The van der Waals surface area contributed by atoms with Crippen molar-refractivity contribution in [2.75, 3.05) is 12.4 Å². The van der Waals surface area contributed by atoms with E-state index in [1.54, 1.807) is 12.1 Å². The number of nitrogens with one attached hydrogen (secondary N) is 5. The summed E-state index contributed by atoms with van der Waals surface area (Å²) in [6, 6.07) is 14.9. The average molecular weight is 781 g/mol. The largest absolute Gasteiger partial charge is 0.504 e. The molecule has 0 saturated heterocycles. The van der Waals surface area contributed by atoms with Crippen molar-refractivity contribution in [3.8, 4) is 11.5 Å². The van der Waals surface area contributed by atoms with Gasteiger partial charge in [0.1, 0.15) is 24.2 Å². The Morgan fingerprint density at radius 1 is 0.926 bits per heavy atom. The molecule has 1 aliphatic carbocycles. The summed E-state index contributed by atoms with van der Waals surface area (Å²) in [6.45, 7) is 7.50. The number of hydrogen-bond donors (Lipinski definition) is 6. The van der Waals surface area contributed by atoms with E-state index < -0.39 is 41.4 Å². The van der Waals surface area contributed by atoms with Crippen LogP contribution in [-0.2, 0) is 38.6 Å². The number of alkyl carbamates (subject to hydrolysis) is 1. The third-order valence-electron chi connectivity index (χ3n) is 10.3. The standard InChI is InChI=1S/C40H47Cl2N5O7/c1-6-22(3)33(36(49)43-26-13-14-31(48)32(19-26)53-5)45-38(51)40(16-15-30-28(20-40)27-17-25(41)18-29(42)35(27)44-30)47-37(50)34(23(4)7-2)46-39(52)54-21-24-11-9-8-10-12-24/h8-14,17-19,22-23,33-34,44,48H,6-7,15-16,20-21H2,1-5H3,(H,43,49)(H,45,51)(H,46,52)(H,47,50)/t22-,23?,33-,34?,40+/m0/s1. The number of aromatic hydroxyl groups is 1. The Kier molecular flexibility index (Phi) is 13.0. The van der Waals surface area contributed by atoms with Gasteiger partial charge in [-0.3, -0.25) is 14.4 Å². The molecule has 12 nitrogen and oxygen atoms in total. The Bertz CT molecular complexity index is 2010. The first-order valence-corrected chi connectivity index (χ1v) is 18.8. The Balaban J connectivity index is 1.47. The van der Waals surface area contributed by atoms with E-state index in [2.05, 4.69) is 26.3 Å². The first-order valence-electron chi connectivity index (χ1n) is 18.1. The topological polar surface area (TPSA) is 171 Å². The summed E-state index contributed by atoms with van der Waals surface area (Å²) in [7, 11) is 1.40. The number of aromatic nitrogens is 1. The fourth-order valence-corrected chi connectivity index (χ4v) is 7.23. The molecule has 3 aromatic carbocycles. The van der Waals surface area contributed by atoms with E-state index in [1.165, 1.54) is 25.3 Å². The molecule has 1 heterocycles. The van der Waals surface area contributed by atoms with E-state index in [-0.39, 0.29) is 42.8 Å². The summed E-state index contributed by atoms with van der Waals surface area (Å²) in [5, 5.41) is 23.2. The molecule has 288 valence electrons. The maximum Gasteiger partial charge on any atom is 0.408 e. The van der Waals surface area contributed by atoms with Crippen molar-refractivity contribution in [3.63, 3.8) is 0 Å². The highest BCUT2D eigenvalue weighted by atomic mass is 35.5. The highest BCUT2D eigenvalue weighted by Gasteiger charge is 2.47. The predicted molar refractivity (Wildman–Crippen MR) is 209 cm³/mol. The second-order valence-corrected chi connectivity index (χ2v) is 14.8. The summed E-state index contributed by atoms with van der Waals surface area (Å²) < 4.78 is 10.7. The molecule has 0 radical (unpaired) electrons. The molecule has 0 aliphatic heterocycles. The van der Waals surface area contributed by atoms with Crippen LogP contribution in [0.1, 0.15) is 63.8 Å². The second-order valence-electron chi connectivity index (χ2n) is 13.9. The summed E-state index contributed by atoms with van der Waals surface area (Å²) in [6.07, 6.45) is 0.893. The normalized spacial score (nSPS) is 17.3. The minimum atomic E-state index is -1.55. The highest BCUT2D eigenvalue weighted by Crippen LogP contribution is 2.38. The van der Waals surface area contributed by atoms with Crippen LogP contribution >= 0.6 is 23.2 Å². The molecule has 4 amide bonds. The number of aromatic amines is 1. The van der Waals surface area contributed by atoms with Crippen LogP contribution in [0, 0.1) is 11.8 Å². The van der Waals surface area contributed by atoms with Crippen molar-refractivity contribution in [3.05, 3.63) is 87.5 Å². The Morgan fingerprint density at radius 2 is 1.61 bits per heavy atom. The SMILES string of the molecule is CCC(C)C(NC(=O)OCc1ccccc1)C(=O)N[C@]1(C(=O)N[C@H](C(=O)Nc2ccc(O)c(OC)c2)[C@@H](C)CC)CCc2[nH]c3c(Cl)cc(Cl)cc3c2C1. The number of anilines is 1. The molecule has 0 fully saturated rings. The maximum atomic E-state index is 14.8. The first kappa shape index (κ1) is 40.2. The fourth-order valence-electron chi connectivity index (χ4n) is 6.69. The lowest BCUT2D eigenvalue weighted by Gasteiger charge is -2.39. The Labute approximate surface area is 324 Å². The zero-order chi connectivity index (χ0) is 39.2. The summed E-state index contributed by atoms with van der Waals surface area (Å²) in [5.41, 5.74) is 1.86. The van der Waals surface area contributed by atoms with E-state index in [0.29, 0.717) is 45.9 Å². The number of rotatable bonds is 14. The number of hydrogen-bond acceptors (Lipinski definition) is 7. The molecular weight excluding hydrogens is 733 g/mol. The van der Waals surface area contributed by atoms with Gasteiger partial charge in [-0.25, -0.2) is 4.79 Å². The van der Waals surface area contributed by atoms with E-state index in [0.717, 1.165) is 16.8 Å². The van der Waals surface area contributed by atoms with Crippen molar-refractivity contribution in [2.24, 2.45) is 11.8 Å². The van der Waals surface area contributed by atoms with Gasteiger partial charge in [0.15, 0.2) is 11.5 Å². The number of phenols is 1. The van der Waals surface area contributed by atoms with Crippen molar-refractivity contribution in [1.82, 2.24) is 20.9 Å². The van der Waals surface area contributed by atoms with Crippen LogP contribution in [0.25, 0.3) is 10.9 Å². The minimum absolute atomic E-state index is 0.0122. The molecule has 5 atom stereocenters. The Morgan fingerprint density at radius 3 is 2.28 bits per heavy atom. The fraction of sp³-hybridized carbons (Fsp3) is 0.400. The first-order chi connectivity index (χ1) is 25.8. The average Bonchev–Trinajstić information content (AvgIpc) is 3.53. The van der Waals surface area contributed by atoms with Crippen LogP contribution in [0.4, 0.5) is 10.5 Å². The van der Waals surface area contributed by atoms with Gasteiger partial charge in [0.25, 0.3) is 0 Å². The lowest BCUT2D eigenvalue weighted by molar-refractivity contribution is -0.137. The van der Waals surface area contributed by atoms with Crippen molar-refractivity contribution in [1.29, 1.82) is 0 Å². The molecule has 0 bridgehead atoms. The molecule has 1 aliphatic rings. The highest BCUT2D eigenvalue weighted by molar-refractivity contribution is 6.38. The van der Waals surface area contributed by atoms with Gasteiger partial charge in [0.2, 0.25) is 17.7 Å². The van der Waals surface area contributed by atoms with Gasteiger partial charge in [-0.15, -0.1) is 0 Å². The van der Waals surface area contributed by atoms with Crippen molar-refractivity contribution >= 4 is 63.6 Å². The summed E-state index contributed by atoms with van der Waals surface area (Å²) in [4.78, 5) is 59.4. The summed E-state index contributed by atoms with van der Waals surface area (Å²) >= 11 is 13.0. The van der Waals surface area contributed by atoms with Crippen LogP contribution in [-0.4, -0.2) is 58.6 Å². The monoisotopic (exact) mass is 779 g/mol. The van der Waals surface area contributed by atoms with Crippen LogP contribution < -0.4 is 26.0 Å². The summed E-state index contributed by atoms with van der Waals surface area (Å²) in [5.74, 6) is -2.21. The number of methoxy groups -OCH3 is 1. The minimum Gasteiger partial charge on any atom is -0.504 e. The quantitative estimate of drug-likeness (QED) is 0.0746. The molecule has 5 rings (SSSR count). The zero-order valence-electron chi connectivity index (χ0n) is 31.0.